The van der Waals surface area contributed by atoms with E-state index in [0.717, 1.165) is 25.7 Å². The van der Waals surface area contributed by atoms with Crippen molar-refractivity contribution in [2.45, 2.75) is 36.8 Å². The van der Waals surface area contributed by atoms with Crippen molar-refractivity contribution < 1.29 is 8.42 Å². The van der Waals surface area contributed by atoms with Crippen LogP contribution in [0.1, 0.15) is 25.7 Å². The van der Waals surface area contributed by atoms with Crippen molar-refractivity contribution >= 4 is 37.9 Å². The van der Waals surface area contributed by atoms with Crippen LogP contribution in [0.25, 0.3) is 4.96 Å². The molecular weight excluding hydrogens is 294 g/mol. The van der Waals surface area contributed by atoms with Gasteiger partial charge < -0.3 is 0 Å². The van der Waals surface area contributed by atoms with Crippen LogP contribution >= 0.6 is 22.9 Å². The largest absolute Gasteiger partial charge is 0.279 e. The summed E-state index contributed by atoms with van der Waals surface area (Å²) < 4.78 is 28.9. The van der Waals surface area contributed by atoms with Gasteiger partial charge in [0, 0.05) is 17.6 Å². The number of fused-ring (bicyclic) bond motifs is 1. The highest BCUT2D eigenvalue weighted by molar-refractivity contribution is 7.89. The maximum Gasteiger partial charge on any atom is 0.260 e. The monoisotopic (exact) mass is 305 g/mol. The zero-order valence-corrected chi connectivity index (χ0v) is 11.9. The minimum absolute atomic E-state index is 0.0234. The van der Waals surface area contributed by atoms with Crippen LogP contribution in [-0.4, -0.2) is 23.8 Å². The summed E-state index contributed by atoms with van der Waals surface area (Å²) in [6.07, 6.45) is 5.59. The predicted octanol–water partition coefficient (Wildman–Crippen LogP) is 2.27. The summed E-state index contributed by atoms with van der Waals surface area (Å²) in [5.41, 5.74) is 0. The highest BCUT2D eigenvalue weighted by Crippen LogP contribution is 2.27. The van der Waals surface area contributed by atoms with Crippen molar-refractivity contribution in [3.8, 4) is 0 Å². The minimum Gasteiger partial charge on any atom is -0.279 e. The van der Waals surface area contributed by atoms with E-state index < -0.39 is 10.0 Å². The van der Waals surface area contributed by atoms with Crippen molar-refractivity contribution in [3.63, 3.8) is 0 Å². The Balaban J connectivity index is 2.01. The van der Waals surface area contributed by atoms with Gasteiger partial charge >= 0.3 is 0 Å². The van der Waals surface area contributed by atoms with E-state index in [2.05, 4.69) is 9.71 Å². The van der Waals surface area contributed by atoms with E-state index in [-0.39, 0.29) is 16.2 Å². The molecule has 0 aliphatic heterocycles. The third-order valence-corrected chi connectivity index (χ3v) is 5.79. The number of thiazole rings is 1. The molecule has 18 heavy (non-hydrogen) atoms. The number of nitrogens with zero attached hydrogens (tertiary/aromatic N) is 2. The third-order valence-electron chi connectivity index (χ3n) is 3.11. The average molecular weight is 306 g/mol. The smallest absolute Gasteiger partial charge is 0.260 e. The number of imidazole rings is 1. The molecule has 0 spiro atoms. The van der Waals surface area contributed by atoms with Crippen molar-refractivity contribution in [1.82, 2.24) is 14.1 Å². The number of rotatable bonds is 3. The second-order valence-corrected chi connectivity index (χ2v) is 7.23. The standard InChI is InChI=1S/C10H12ClN3O2S2/c11-8-9(14-5-6-17-10(14)12-8)18(15,16)13-7-3-1-2-4-7/h5-7,13H,1-4H2. The van der Waals surface area contributed by atoms with E-state index in [0.29, 0.717) is 4.96 Å². The molecule has 1 aliphatic carbocycles. The van der Waals surface area contributed by atoms with E-state index in [1.165, 1.54) is 15.7 Å². The second kappa shape index (κ2) is 4.48. The quantitative estimate of drug-likeness (QED) is 0.946. The molecule has 2 aromatic rings. The number of halogens is 1. The highest BCUT2D eigenvalue weighted by Gasteiger charge is 2.28. The van der Waals surface area contributed by atoms with Crippen molar-refractivity contribution in [2.24, 2.45) is 0 Å². The fraction of sp³-hybridized carbons (Fsp3) is 0.500. The molecule has 3 rings (SSSR count). The maximum atomic E-state index is 12.3. The van der Waals surface area contributed by atoms with Gasteiger partial charge in [0.15, 0.2) is 15.1 Å². The number of hydrogen-bond acceptors (Lipinski definition) is 4. The topological polar surface area (TPSA) is 63.5 Å². The molecule has 98 valence electrons. The van der Waals surface area contributed by atoms with Crippen LogP contribution in [0.2, 0.25) is 5.15 Å². The molecule has 1 aliphatic rings. The van der Waals surface area contributed by atoms with Crippen molar-refractivity contribution in [1.29, 1.82) is 0 Å². The normalized spacial score (nSPS) is 17.8. The van der Waals surface area contributed by atoms with E-state index in [1.807, 2.05) is 0 Å². The summed E-state index contributed by atoms with van der Waals surface area (Å²) in [5.74, 6) is 0. The van der Waals surface area contributed by atoms with Gasteiger partial charge in [-0.05, 0) is 12.8 Å². The zero-order chi connectivity index (χ0) is 12.8. The van der Waals surface area contributed by atoms with Crippen molar-refractivity contribution in [2.75, 3.05) is 0 Å². The van der Waals surface area contributed by atoms with Crippen LogP contribution in [0, 0.1) is 0 Å². The lowest BCUT2D eigenvalue weighted by Gasteiger charge is -2.11. The van der Waals surface area contributed by atoms with Gasteiger partial charge in [0.05, 0.1) is 0 Å². The Labute approximate surface area is 114 Å². The molecule has 0 saturated heterocycles. The van der Waals surface area contributed by atoms with Crippen LogP contribution in [0.4, 0.5) is 0 Å². The Hall–Kier alpha value is -0.630. The predicted molar refractivity (Wildman–Crippen MR) is 70.7 cm³/mol. The minimum atomic E-state index is -3.60. The van der Waals surface area contributed by atoms with Gasteiger partial charge in [-0.1, -0.05) is 24.4 Å². The summed E-state index contributed by atoms with van der Waals surface area (Å²) in [7, 11) is -3.60. The SMILES string of the molecule is O=S(=O)(NC1CCCC1)c1c(Cl)nc2sccn12. The Kier molecular flexibility index (Phi) is 3.09. The fourth-order valence-electron chi connectivity index (χ4n) is 2.30. The van der Waals surface area contributed by atoms with Gasteiger partial charge in [-0.3, -0.25) is 4.40 Å². The summed E-state index contributed by atoms with van der Waals surface area (Å²) >= 11 is 7.29. The molecule has 0 unspecified atom stereocenters. The van der Waals surface area contributed by atoms with E-state index in [9.17, 15) is 8.42 Å². The Morgan fingerprint density at radius 2 is 2.17 bits per heavy atom. The van der Waals surface area contributed by atoms with Crippen LogP contribution in [0.5, 0.6) is 0 Å². The van der Waals surface area contributed by atoms with Crippen LogP contribution < -0.4 is 4.72 Å². The molecule has 0 aromatic carbocycles. The fourth-order valence-corrected chi connectivity index (χ4v) is 5.06. The lowest BCUT2D eigenvalue weighted by molar-refractivity contribution is 0.548. The third kappa shape index (κ3) is 2.05. The van der Waals surface area contributed by atoms with Gasteiger partial charge in [-0.15, -0.1) is 11.3 Å². The van der Waals surface area contributed by atoms with E-state index in [1.54, 1.807) is 11.6 Å². The first-order valence-corrected chi connectivity index (χ1v) is 8.45. The first-order valence-electron chi connectivity index (χ1n) is 5.71. The Morgan fingerprint density at radius 3 is 2.89 bits per heavy atom. The van der Waals surface area contributed by atoms with Crippen LogP contribution in [0.15, 0.2) is 16.6 Å². The molecule has 0 bridgehead atoms. The number of aromatic nitrogens is 2. The molecule has 0 amide bonds. The molecule has 5 nitrogen and oxygen atoms in total. The molecule has 1 saturated carbocycles. The van der Waals surface area contributed by atoms with Gasteiger partial charge in [0.25, 0.3) is 10.0 Å². The van der Waals surface area contributed by atoms with Gasteiger partial charge in [0.1, 0.15) is 0 Å². The van der Waals surface area contributed by atoms with E-state index >= 15 is 0 Å². The van der Waals surface area contributed by atoms with Gasteiger partial charge in [-0.2, -0.15) is 0 Å². The molecule has 1 N–H and O–H groups in total. The number of nitrogens with one attached hydrogen (secondary N) is 1. The Bertz CT molecular complexity index is 670. The molecule has 1 fully saturated rings. The lowest BCUT2D eigenvalue weighted by atomic mass is 10.3. The summed E-state index contributed by atoms with van der Waals surface area (Å²) in [5, 5.41) is 1.87. The molecule has 8 heteroatoms. The average Bonchev–Trinajstić information content (AvgIpc) is 2.92. The highest BCUT2D eigenvalue weighted by atomic mass is 35.5. The lowest BCUT2D eigenvalue weighted by Crippen LogP contribution is -2.33. The first kappa shape index (κ1) is 12.4. The number of sulfonamides is 1. The maximum absolute atomic E-state index is 12.3. The second-order valence-electron chi connectivity index (χ2n) is 4.37. The number of hydrogen-bond donors (Lipinski definition) is 1. The zero-order valence-electron chi connectivity index (χ0n) is 9.47. The molecule has 0 atom stereocenters. The van der Waals surface area contributed by atoms with Gasteiger partial charge in [-0.25, -0.2) is 18.1 Å². The van der Waals surface area contributed by atoms with E-state index in [4.69, 9.17) is 11.6 Å². The van der Waals surface area contributed by atoms with Gasteiger partial charge in [0.2, 0.25) is 0 Å². The molecule has 2 aromatic heterocycles. The van der Waals surface area contributed by atoms with Crippen LogP contribution in [0.3, 0.4) is 0 Å². The summed E-state index contributed by atoms with van der Waals surface area (Å²) in [4.78, 5) is 4.63. The first-order chi connectivity index (χ1) is 8.58. The summed E-state index contributed by atoms with van der Waals surface area (Å²) in [6, 6.07) is 0.0234. The molecular formula is C10H12ClN3O2S2. The van der Waals surface area contributed by atoms with Crippen molar-refractivity contribution in [3.05, 3.63) is 16.7 Å². The van der Waals surface area contributed by atoms with Crippen LogP contribution in [-0.2, 0) is 10.0 Å². The summed E-state index contributed by atoms with van der Waals surface area (Å²) in [6.45, 7) is 0. The molecule has 0 radical (unpaired) electrons. The Morgan fingerprint density at radius 1 is 1.44 bits per heavy atom. The molecule has 2 heterocycles.